The van der Waals surface area contributed by atoms with Crippen LogP contribution in [0.3, 0.4) is 0 Å². The summed E-state index contributed by atoms with van der Waals surface area (Å²) in [5.74, 6) is -0.446. The first-order valence-electron chi connectivity index (χ1n) is 6.82. The minimum Gasteiger partial charge on any atom is -0.322 e. The van der Waals surface area contributed by atoms with Crippen LogP contribution in [0, 0.1) is 0 Å². The molecule has 0 aliphatic heterocycles. The average molecular weight is 294 g/mol. The number of benzene rings is 2. The molecule has 0 aliphatic carbocycles. The Hall–Kier alpha value is -2.92. The molecule has 0 radical (unpaired) electrons. The fraction of sp³-hybridized carbons (Fsp3) is 0.0588. The van der Waals surface area contributed by atoms with Gasteiger partial charge in [-0.1, -0.05) is 48.5 Å². The Bertz CT molecular complexity index is 856. The third-order valence-corrected chi connectivity index (χ3v) is 3.24. The number of nitrogens with one attached hydrogen (secondary N) is 2. The largest absolute Gasteiger partial charge is 0.322 e. The van der Waals surface area contributed by atoms with E-state index < -0.39 is 5.91 Å². The maximum atomic E-state index is 12.2. The zero-order valence-corrected chi connectivity index (χ0v) is 11.7. The lowest BCUT2D eigenvalue weighted by atomic mass is 10.1. The second kappa shape index (κ2) is 6.24. The molecule has 0 saturated heterocycles. The van der Waals surface area contributed by atoms with E-state index in [1.54, 1.807) is 18.2 Å². The molecule has 3 aromatic rings. The van der Waals surface area contributed by atoms with Gasteiger partial charge in [0.2, 0.25) is 5.56 Å². The van der Waals surface area contributed by atoms with Gasteiger partial charge in [-0.25, -0.2) is 5.48 Å². The molecule has 0 unspecified atom stereocenters. The lowest BCUT2D eigenvalue weighted by Gasteiger charge is -2.08. The molecule has 2 aromatic carbocycles. The second-order valence-electron chi connectivity index (χ2n) is 4.80. The second-order valence-corrected chi connectivity index (χ2v) is 4.80. The number of pyridine rings is 1. The topological polar surface area (TPSA) is 71.2 Å². The number of hydrogen-bond acceptors (Lipinski definition) is 3. The van der Waals surface area contributed by atoms with Gasteiger partial charge >= 0.3 is 0 Å². The van der Waals surface area contributed by atoms with E-state index >= 15 is 0 Å². The van der Waals surface area contributed by atoms with Crippen LogP contribution in [0.15, 0.2) is 65.5 Å². The molecule has 0 spiro atoms. The smallest absolute Gasteiger partial charge is 0.275 e. The Kier molecular flexibility index (Phi) is 3.98. The first-order chi connectivity index (χ1) is 10.7. The normalized spacial score (nSPS) is 10.5. The van der Waals surface area contributed by atoms with Crippen molar-refractivity contribution in [1.82, 2.24) is 10.5 Å². The third-order valence-electron chi connectivity index (χ3n) is 3.24. The van der Waals surface area contributed by atoms with E-state index in [2.05, 4.69) is 10.5 Å². The van der Waals surface area contributed by atoms with Crippen molar-refractivity contribution in [3.05, 3.63) is 82.1 Å². The van der Waals surface area contributed by atoms with Gasteiger partial charge in [0.15, 0.2) is 0 Å². The van der Waals surface area contributed by atoms with Gasteiger partial charge in [0.05, 0.1) is 12.2 Å². The number of hydrogen-bond donors (Lipinski definition) is 2. The molecule has 5 nitrogen and oxygen atoms in total. The Morgan fingerprint density at radius 2 is 1.77 bits per heavy atom. The van der Waals surface area contributed by atoms with Gasteiger partial charge in [-0.15, -0.1) is 0 Å². The molecule has 2 N–H and O–H groups in total. The van der Waals surface area contributed by atoms with Gasteiger partial charge in [-0.3, -0.25) is 14.4 Å². The highest BCUT2D eigenvalue weighted by Gasteiger charge is 2.11. The molecule has 0 bridgehead atoms. The van der Waals surface area contributed by atoms with E-state index in [9.17, 15) is 9.59 Å². The molecule has 1 amide bonds. The monoisotopic (exact) mass is 294 g/mol. The molecule has 0 aliphatic rings. The predicted octanol–water partition coefficient (Wildman–Crippen LogP) is 2.39. The third kappa shape index (κ3) is 3.05. The Morgan fingerprint density at radius 1 is 1.05 bits per heavy atom. The molecule has 3 rings (SSSR count). The van der Waals surface area contributed by atoms with Crippen molar-refractivity contribution in [2.24, 2.45) is 0 Å². The molecule has 22 heavy (non-hydrogen) atoms. The van der Waals surface area contributed by atoms with Crippen molar-refractivity contribution in [3.63, 3.8) is 0 Å². The Labute approximate surface area is 126 Å². The fourth-order valence-electron chi connectivity index (χ4n) is 2.21. The molecular weight excluding hydrogens is 280 g/mol. The first-order valence-corrected chi connectivity index (χ1v) is 6.82. The number of carbonyl (C=O) groups excluding carboxylic acids is 1. The average Bonchev–Trinajstić information content (AvgIpc) is 2.55. The standard InChI is InChI=1S/C17H14N2O3/c20-16-10-14(13-8-4-5-9-15(13)18-16)17(21)19-22-11-12-6-2-1-3-7-12/h1-10H,11H2,(H,18,20)(H,19,21). The van der Waals surface area contributed by atoms with Crippen LogP contribution < -0.4 is 11.0 Å². The first kappa shape index (κ1) is 14.0. The number of hydroxylamine groups is 1. The van der Waals surface area contributed by atoms with E-state index in [1.165, 1.54) is 6.07 Å². The SMILES string of the molecule is O=C(NOCc1ccccc1)c1cc(=O)[nH]c2ccccc12. The van der Waals surface area contributed by atoms with Gasteiger partial charge in [0, 0.05) is 17.0 Å². The minimum atomic E-state index is -0.446. The van der Waals surface area contributed by atoms with Crippen molar-refractivity contribution in [2.75, 3.05) is 0 Å². The summed E-state index contributed by atoms with van der Waals surface area (Å²) in [6.45, 7) is 0.258. The number of aromatic nitrogens is 1. The van der Waals surface area contributed by atoms with E-state index in [0.29, 0.717) is 10.9 Å². The lowest BCUT2D eigenvalue weighted by molar-refractivity contribution is 0.0235. The maximum absolute atomic E-state index is 12.2. The fourth-order valence-corrected chi connectivity index (χ4v) is 2.21. The van der Waals surface area contributed by atoms with Crippen molar-refractivity contribution < 1.29 is 9.63 Å². The van der Waals surface area contributed by atoms with E-state index in [-0.39, 0.29) is 17.7 Å². The minimum absolute atomic E-state index is 0.258. The molecule has 110 valence electrons. The van der Waals surface area contributed by atoms with Crippen LogP contribution in [0.2, 0.25) is 0 Å². The molecular formula is C17H14N2O3. The molecule has 0 saturated carbocycles. The summed E-state index contributed by atoms with van der Waals surface area (Å²) in [5.41, 5.74) is 3.89. The summed E-state index contributed by atoms with van der Waals surface area (Å²) in [6, 6.07) is 17.9. The highest BCUT2D eigenvalue weighted by molar-refractivity contribution is 6.05. The molecule has 1 heterocycles. The summed E-state index contributed by atoms with van der Waals surface area (Å²) in [6.07, 6.45) is 0. The Morgan fingerprint density at radius 3 is 2.59 bits per heavy atom. The summed E-state index contributed by atoms with van der Waals surface area (Å²) in [4.78, 5) is 31.7. The number of para-hydroxylation sites is 1. The lowest BCUT2D eigenvalue weighted by Crippen LogP contribution is -2.25. The Balaban J connectivity index is 1.76. The molecule has 0 fully saturated rings. The number of aromatic amines is 1. The van der Waals surface area contributed by atoms with Crippen LogP contribution in [-0.2, 0) is 11.4 Å². The highest BCUT2D eigenvalue weighted by Crippen LogP contribution is 2.14. The quantitative estimate of drug-likeness (QED) is 0.726. The molecule has 5 heteroatoms. The summed E-state index contributed by atoms with van der Waals surface area (Å²) < 4.78 is 0. The van der Waals surface area contributed by atoms with E-state index in [4.69, 9.17) is 4.84 Å². The predicted molar refractivity (Wildman–Crippen MR) is 83.3 cm³/mol. The summed E-state index contributed by atoms with van der Waals surface area (Å²) in [7, 11) is 0. The molecule has 1 aromatic heterocycles. The van der Waals surface area contributed by atoms with Gasteiger partial charge in [0.25, 0.3) is 5.91 Å². The summed E-state index contributed by atoms with van der Waals surface area (Å²) >= 11 is 0. The number of rotatable bonds is 4. The van der Waals surface area contributed by atoms with Crippen LogP contribution in [0.25, 0.3) is 10.9 Å². The van der Waals surface area contributed by atoms with Crippen molar-refractivity contribution >= 4 is 16.8 Å². The molecule has 0 atom stereocenters. The number of amides is 1. The van der Waals surface area contributed by atoms with Gasteiger partial charge in [-0.05, 0) is 11.6 Å². The van der Waals surface area contributed by atoms with Crippen LogP contribution in [-0.4, -0.2) is 10.9 Å². The zero-order valence-electron chi connectivity index (χ0n) is 11.7. The van der Waals surface area contributed by atoms with Gasteiger partial charge in [0.1, 0.15) is 0 Å². The van der Waals surface area contributed by atoms with Gasteiger partial charge < -0.3 is 4.98 Å². The highest BCUT2D eigenvalue weighted by atomic mass is 16.6. The van der Waals surface area contributed by atoms with Crippen LogP contribution in [0.4, 0.5) is 0 Å². The number of fused-ring (bicyclic) bond motifs is 1. The number of H-pyrrole nitrogens is 1. The number of carbonyl (C=O) groups is 1. The van der Waals surface area contributed by atoms with Crippen molar-refractivity contribution in [2.45, 2.75) is 6.61 Å². The van der Waals surface area contributed by atoms with Crippen molar-refractivity contribution in [3.8, 4) is 0 Å². The van der Waals surface area contributed by atoms with Gasteiger partial charge in [-0.2, -0.15) is 0 Å². The maximum Gasteiger partial charge on any atom is 0.275 e. The zero-order chi connectivity index (χ0) is 15.4. The van der Waals surface area contributed by atoms with Crippen LogP contribution in [0.1, 0.15) is 15.9 Å². The van der Waals surface area contributed by atoms with E-state index in [0.717, 1.165) is 5.56 Å². The van der Waals surface area contributed by atoms with Crippen LogP contribution >= 0.6 is 0 Å². The van der Waals surface area contributed by atoms with E-state index in [1.807, 2.05) is 36.4 Å². The summed E-state index contributed by atoms with van der Waals surface area (Å²) in [5, 5.41) is 0.669. The van der Waals surface area contributed by atoms with Crippen molar-refractivity contribution in [1.29, 1.82) is 0 Å². The van der Waals surface area contributed by atoms with Crippen LogP contribution in [0.5, 0.6) is 0 Å².